The zero-order valence-corrected chi connectivity index (χ0v) is 10.4. The van der Waals surface area contributed by atoms with E-state index in [4.69, 9.17) is 0 Å². The van der Waals surface area contributed by atoms with Gasteiger partial charge in [-0.1, -0.05) is 0 Å². The minimum absolute atomic E-state index is 0.0533. The predicted molar refractivity (Wildman–Crippen MR) is 67.6 cm³/mol. The highest BCUT2D eigenvalue weighted by molar-refractivity contribution is 6.00. The number of carboxylic acids is 1. The highest BCUT2D eigenvalue weighted by atomic mass is 16.6. The first-order valence-corrected chi connectivity index (χ1v) is 5.38. The van der Waals surface area contributed by atoms with Crippen molar-refractivity contribution in [3.8, 4) is 0 Å². The molecule has 0 aliphatic carbocycles. The molecule has 0 aliphatic rings. The summed E-state index contributed by atoms with van der Waals surface area (Å²) in [4.78, 5) is 31.2. The number of hydrogen-bond acceptors (Lipinski definition) is 6. The molecule has 0 aromatic heterocycles. The number of amides is 1. The summed E-state index contributed by atoms with van der Waals surface area (Å²) in [6.07, 6.45) is 1.34. The number of aliphatic carboxylic acids is 1. The van der Waals surface area contributed by atoms with Gasteiger partial charge in [-0.25, -0.2) is 5.43 Å². The Kier molecular flexibility index (Phi) is 5.10. The lowest BCUT2D eigenvalue weighted by Crippen LogP contribution is -2.21. The van der Waals surface area contributed by atoms with Crippen molar-refractivity contribution in [2.24, 2.45) is 5.10 Å². The fraction of sp³-hybridized carbons (Fsp3) is 0.0833. The van der Waals surface area contributed by atoms with Crippen LogP contribution >= 0.6 is 0 Å². The van der Waals surface area contributed by atoms with Crippen LogP contribution in [0.5, 0.6) is 0 Å². The molecular weight excluding hydrogens is 266 g/mol. The molecule has 1 rings (SSSR count). The molecule has 1 amide bonds. The molecule has 104 valence electrons. The molecule has 0 saturated carbocycles. The van der Waals surface area contributed by atoms with Crippen molar-refractivity contribution in [2.75, 3.05) is 0 Å². The zero-order valence-electron chi connectivity index (χ0n) is 10.4. The van der Waals surface area contributed by atoms with Crippen molar-refractivity contribution in [1.82, 2.24) is 5.43 Å². The van der Waals surface area contributed by atoms with Crippen molar-refractivity contribution in [2.45, 2.75) is 6.92 Å². The van der Waals surface area contributed by atoms with Crippen LogP contribution in [0.3, 0.4) is 0 Å². The molecule has 0 heterocycles. The van der Waals surface area contributed by atoms with E-state index in [9.17, 15) is 24.8 Å². The maximum Gasteiger partial charge on any atom is 0.269 e. The molecule has 0 atom stereocenters. The molecule has 1 aromatic carbocycles. The van der Waals surface area contributed by atoms with Crippen LogP contribution in [0.15, 0.2) is 41.5 Å². The van der Waals surface area contributed by atoms with E-state index < -0.39 is 16.8 Å². The predicted octanol–water partition coefficient (Wildman–Crippen LogP) is -0.259. The number of carboxylic acid groups (broad SMARTS) is 1. The maximum atomic E-state index is 11.1. The molecule has 0 aliphatic heterocycles. The second-order valence-electron chi connectivity index (χ2n) is 3.63. The van der Waals surface area contributed by atoms with Gasteiger partial charge in [0.15, 0.2) is 0 Å². The van der Waals surface area contributed by atoms with Crippen LogP contribution in [-0.4, -0.2) is 22.5 Å². The third-order valence-electron chi connectivity index (χ3n) is 2.20. The van der Waals surface area contributed by atoms with Gasteiger partial charge in [0.2, 0.25) is 0 Å². The first-order valence-electron chi connectivity index (χ1n) is 5.38. The Bertz CT molecular complexity index is 590. The van der Waals surface area contributed by atoms with Gasteiger partial charge in [-0.2, -0.15) is 5.10 Å². The average Bonchev–Trinajstić information content (AvgIpc) is 2.42. The van der Waals surface area contributed by atoms with Crippen LogP contribution in [0.1, 0.15) is 12.5 Å². The number of hydrazone groups is 1. The molecule has 0 fully saturated rings. The van der Waals surface area contributed by atoms with Crippen LogP contribution in [0.2, 0.25) is 0 Å². The number of non-ortho nitro benzene ring substituents is 1. The zero-order chi connectivity index (χ0) is 15.1. The van der Waals surface area contributed by atoms with Crippen LogP contribution in [0.4, 0.5) is 5.69 Å². The van der Waals surface area contributed by atoms with Gasteiger partial charge in [0.1, 0.15) is 0 Å². The standard InChI is InChI=1S/C12H11N3O5/c1-8(13-14-11(16)6-7-12(17)18)9-2-4-10(5-3-9)15(19)20/h2-7H,1H3,(H,14,16)(H,17,18)/p-1/b7-6+,13-8?. The first kappa shape index (κ1) is 15.0. The Morgan fingerprint density at radius 2 is 1.85 bits per heavy atom. The molecule has 20 heavy (non-hydrogen) atoms. The molecule has 8 nitrogen and oxygen atoms in total. The van der Waals surface area contributed by atoms with Gasteiger partial charge in [0, 0.05) is 18.2 Å². The van der Waals surface area contributed by atoms with E-state index in [1.54, 1.807) is 6.92 Å². The number of nitrogens with one attached hydrogen (secondary N) is 1. The lowest BCUT2D eigenvalue weighted by atomic mass is 10.1. The lowest BCUT2D eigenvalue weighted by Gasteiger charge is -2.01. The van der Waals surface area contributed by atoms with E-state index in [0.29, 0.717) is 17.4 Å². The SMILES string of the molecule is CC(=NNC(=O)/C=C/C(=O)[O-])c1ccc([N+](=O)[O-])cc1. The van der Waals surface area contributed by atoms with E-state index in [-0.39, 0.29) is 5.69 Å². The summed E-state index contributed by atoms with van der Waals surface area (Å²) in [5.41, 5.74) is 3.05. The van der Waals surface area contributed by atoms with Crippen LogP contribution < -0.4 is 10.5 Å². The largest absolute Gasteiger partial charge is 0.545 e. The molecule has 0 unspecified atom stereocenters. The monoisotopic (exact) mass is 276 g/mol. The van der Waals surface area contributed by atoms with Gasteiger partial charge in [-0.05, 0) is 30.7 Å². The summed E-state index contributed by atoms with van der Waals surface area (Å²) < 4.78 is 0. The van der Waals surface area contributed by atoms with Gasteiger partial charge in [0.05, 0.1) is 16.6 Å². The van der Waals surface area contributed by atoms with Crippen LogP contribution in [0, 0.1) is 10.1 Å². The van der Waals surface area contributed by atoms with E-state index in [0.717, 1.165) is 6.08 Å². The lowest BCUT2D eigenvalue weighted by molar-refractivity contribution is -0.384. The number of benzene rings is 1. The van der Waals surface area contributed by atoms with Crippen molar-refractivity contribution < 1.29 is 19.6 Å². The minimum atomic E-state index is -1.49. The summed E-state index contributed by atoms with van der Waals surface area (Å²) in [6, 6.07) is 5.60. The molecule has 0 bridgehead atoms. The number of hydrogen-bond donors (Lipinski definition) is 1. The van der Waals surface area contributed by atoms with Crippen LogP contribution in [-0.2, 0) is 9.59 Å². The second kappa shape index (κ2) is 6.78. The number of nitrogens with zero attached hydrogens (tertiary/aromatic N) is 2. The van der Waals surface area contributed by atoms with Crippen molar-refractivity contribution in [3.63, 3.8) is 0 Å². The summed E-state index contributed by atoms with van der Waals surface area (Å²) in [5, 5.41) is 24.3. The van der Waals surface area contributed by atoms with Gasteiger partial charge >= 0.3 is 0 Å². The van der Waals surface area contributed by atoms with Gasteiger partial charge < -0.3 is 9.90 Å². The number of carbonyl (C=O) groups excluding carboxylic acids is 2. The van der Waals surface area contributed by atoms with Crippen molar-refractivity contribution in [1.29, 1.82) is 0 Å². The molecule has 1 N–H and O–H groups in total. The average molecular weight is 276 g/mol. The van der Waals surface area contributed by atoms with E-state index >= 15 is 0 Å². The fourth-order valence-electron chi connectivity index (χ4n) is 1.21. The summed E-state index contributed by atoms with van der Waals surface area (Å²) in [5.74, 6) is -2.22. The molecular formula is C12H10N3O5-. The molecule has 0 radical (unpaired) electrons. The molecule has 0 saturated heterocycles. The van der Waals surface area contributed by atoms with E-state index in [1.807, 2.05) is 0 Å². The first-order chi connectivity index (χ1) is 9.40. The highest BCUT2D eigenvalue weighted by Gasteiger charge is 2.05. The normalized spacial score (nSPS) is 11.3. The highest BCUT2D eigenvalue weighted by Crippen LogP contribution is 2.12. The maximum absolute atomic E-state index is 11.1. The van der Waals surface area contributed by atoms with Crippen molar-refractivity contribution >= 4 is 23.3 Å². The number of nitro benzene ring substituents is 1. The summed E-state index contributed by atoms with van der Waals surface area (Å²) in [6.45, 7) is 1.59. The fourth-order valence-corrected chi connectivity index (χ4v) is 1.21. The number of carbonyl (C=O) groups is 2. The molecule has 1 aromatic rings. The molecule has 0 spiro atoms. The summed E-state index contributed by atoms with van der Waals surface area (Å²) in [7, 11) is 0. The van der Waals surface area contributed by atoms with Crippen molar-refractivity contribution in [3.05, 3.63) is 52.1 Å². The Morgan fingerprint density at radius 1 is 1.25 bits per heavy atom. The number of nitro groups is 1. The van der Waals surface area contributed by atoms with E-state index in [1.165, 1.54) is 24.3 Å². The Hall–Kier alpha value is -3.03. The third-order valence-corrected chi connectivity index (χ3v) is 2.20. The number of rotatable bonds is 5. The Labute approximate surface area is 113 Å². The topological polar surface area (TPSA) is 125 Å². The smallest absolute Gasteiger partial charge is 0.269 e. The second-order valence-corrected chi connectivity index (χ2v) is 3.63. The van der Waals surface area contributed by atoms with Gasteiger partial charge in [-0.15, -0.1) is 0 Å². The Morgan fingerprint density at radius 3 is 2.35 bits per heavy atom. The molecule has 8 heteroatoms. The Balaban J connectivity index is 2.71. The quantitative estimate of drug-likeness (QED) is 0.343. The van der Waals surface area contributed by atoms with Gasteiger partial charge in [-0.3, -0.25) is 14.9 Å². The van der Waals surface area contributed by atoms with E-state index in [2.05, 4.69) is 10.5 Å². The van der Waals surface area contributed by atoms with Crippen LogP contribution in [0.25, 0.3) is 0 Å². The van der Waals surface area contributed by atoms with Gasteiger partial charge in [0.25, 0.3) is 11.6 Å². The summed E-state index contributed by atoms with van der Waals surface area (Å²) >= 11 is 0. The third kappa shape index (κ3) is 4.69. The minimum Gasteiger partial charge on any atom is -0.545 e.